The molecule has 3 aromatic rings. The van der Waals surface area contributed by atoms with E-state index in [2.05, 4.69) is 15.4 Å². The van der Waals surface area contributed by atoms with E-state index in [1.807, 2.05) is 48.5 Å². The van der Waals surface area contributed by atoms with E-state index >= 15 is 0 Å². The van der Waals surface area contributed by atoms with Crippen LogP contribution < -0.4 is 10.1 Å². The molecule has 1 amide bonds. The third kappa shape index (κ3) is 5.25. The Hall–Kier alpha value is -2.87. The van der Waals surface area contributed by atoms with Gasteiger partial charge in [0, 0.05) is 36.3 Å². The van der Waals surface area contributed by atoms with Gasteiger partial charge in [-0.1, -0.05) is 28.9 Å². The van der Waals surface area contributed by atoms with Crippen molar-refractivity contribution in [3.8, 4) is 17.1 Å². The van der Waals surface area contributed by atoms with Crippen LogP contribution in [0.4, 0.5) is 0 Å². The summed E-state index contributed by atoms with van der Waals surface area (Å²) >= 11 is 6.05. The van der Waals surface area contributed by atoms with E-state index in [0.29, 0.717) is 30.5 Å². The summed E-state index contributed by atoms with van der Waals surface area (Å²) in [5, 5.41) is 7.62. The van der Waals surface area contributed by atoms with Crippen LogP contribution in [-0.2, 0) is 4.74 Å². The highest BCUT2D eigenvalue weighted by molar-refractivity contribution is 6.30. The molecule has 1 atom stereocenters. The minimum Gasteiger partial charge on any atom is -0.497 e. The summed E-state index contributed by atoms with van der Waals surface area (Å²) in [6.07, 6.45) is 0. The fraction of sp³-hybridized carbons (Fsp3) is 0.304. The molecule has 2 heterocycles. The molecule has 2 aromatic carbocycles. The average molecular weight is 442 g/mol. The number of halogens is 1. The fourth-order valence-electron chi connectivity index (χ4n) is 3.59. The number of ether oxygens (including phenoxy) is 2. The van der Waals surface area contributed by atoms with Gasteiger partial charge in [0.2, 0.25) is 0 Å². The van der Waals surface area contributed by atoms with Gasteiger partial charge in [0.25, 0.3) is 5.91 Å². The van der Waals surface area contributed by atoms with Crippen molar-refractivity contribution in [2.45, 2.75) is 6.04 Å². The molecule has 162 valence electrons. The SMILES string of the molecule is COc1ccc(-c2cc(C(=O)NCC(c3ccc(Cl)cc3)N3CCOCC3)no2)cc1. The van der Waals surface area contributed by atoms with Crippen LogP contribution in [0.3, 0.4) is 0 Å². The number of hydrogen-bond donors (Lipinski definition) is 1. The summed E-state index contributed by atoms with van der Waals surface area (Å²) in [5.41, 5.74) is 2.15. The molecule has 1 aliphatic heterocycles. The van der Waals surface area contributed by atoms with E-state index in [9.17, 15) is 4.79 Å². The predicted molar refractivity (Wildman–Crippen MR) is 117 cm³/mol. The van der Waals surface area contributed by atoms with Crippen LogP contribution in [0.1, 0.15) is 22.1 Å². The molecule has 31 heavy (non-hydrogen) atoms. The maximum Gasteiger partial charge on any atom is 0.273 e. The first-order valence-corrected chi connectivity index (χ1v) is 10.5. The number of aromatic nitrogens is 1. The predicted octanol–water partition coefficient (Wildman–Crippen LogP) is 3.81. The summed E-state index contributed by atoms with van der Waals surface area (Å²) in [7, 11) is 1.61. The van der Waals surface area contributed by atoms with Crippen molar-refractivity contribution in [3.05, 3.63) is 70.9 Å². The van der Waals surface area contributed by atoms with Gasteiger partial charge in [-0.25, -0.2) is 0 Å². The van der Waals surface area contributed by atoms with Crippen molar-refractivity contribution in [1.29, 1.82) is 0 Å². The Morgan fingerprint density at radius 2 is 1.87 bits per heavy atom. The smallest absolute Gasteiger partial charge is 0.273 e. The van der Waals surface area contributed by atoms with Gasteiger partial charge in [0.1, 0.15) is 5.75 Å². The Kier molecular flexibility index (Phi) is 6.86. The van der Waals surface area contributed by atoms with Crippen LogP contribution in [0.15, 0.2) is 59.1 Å². The lowest BCUT2D eigenvalue weighted by molar-refractivity contribution is 0.0162. The zero-order valence-corrected chi connectivity index (χ0v) is 18.0. The summed E-state index contributed by atoms with van der Waals surface area (Å²) < 4.78 is 16.0. The third-order valence-electron chi connectivity index (χ3n) is 5.31. The van der Waals surface area contributed by atoms with E-state index in [1.54, 1.807) is 13.2 Å². The maximum absolute atomic E-state index is 12.7. The topological polar surface area (TPSA) is 76.8 Å². The number of nitrogens with one attached hydrogen (secondary N) is 1. The number of nitrogens with zero attached hydrogens (tertiary/aromatic N) is 2. The molecule has 0 spiro atoms. The molecule has 1 unspecified atom stereocenters. The molecule has 1 N–H and O–H groups in total. The normalized spacial score (nSPS) is 15.4. The minimum absolute atomic E-state index is 0.0121. The van der Waals surface area contributed by atoms with Gasteiger partial charge in [-0.05, 0) is 42.0 Å². The van der Waals surface area contributed by atoms with E-state index in [4.69, 9.17) is 25.6 Å². The molecule has 4 rings (SSSR count). The molecule has 0 bridgehead atoms. The van der Waals surface area contributed by atoms with Gasteiger partial charge >= 0.3 is 0 Å². The first kappa shape index (κ1) is 21.4. The molecule has 1 fully saturated rings. The van der Waals surface area contributed by atoms with Crippen molar-refractivity contribution in [3.63, 3.8) is 0 Å². The van der Waals surface area contributed by atoms with Crippen LogP contribution in [0.25, 0.3) is 11.3 Å². The Morgan fingerprint density at radius 3 is 2.55 bits per heavy atom. The van der Waals surface area contributed by atoms with Gasteiger partial charge < -0.3 is 19.3 Å². The first-order valence-electron chi connectivity index (χ1n) is 10.1. The highest BCUT2D eigenvalue weighted by atomic mass is 35.5. The lowest BCUT2D eigenvalue weighted by atomic mass is 10.0. The zero-order valence-electron chi connectivity index (χ0n) is 17.2. The lowest BCUT2D eigenvalue weighted by Gasteiger charge is -2.34. The molecule has 0 saturated carbocycles. The molecule has 0 aliphatic carbocycles. The van der Waals surface area contributed by atoms with Crippen molar-refractivity contribution >= 4 is 17.5 Å². The molecule has 0 radical (unpaired) electrons. The number of amides is 1. The number of morpholine rings is 1. The summed E-state index contributed by atoms with van der Waals surface area (Å²) in [6.45, 7) is 3.38. The van der Waals surface area contributed by atoms with E-state index < -0.39 is 0 Å². The molecule has 1 saturated heterocycles. The quantitative estimate of drug-likeness (QED) is 0.600. The van der Waals surface area contributed by atoms with Gasteiger partial charge in [-0.3, -0.25) is 9.69 Å². The molecular formula is C23H24ClN3O4. The molecule has 7 nitrogen and oxygen atoms in total. The number of hydrogen-bond acceptors (Lipinski definition) is 6. The number of methoxy groups -OCH3 is 1. The molecule has 1 aromatic heterocycles. The van der Waals surface area contributed by atoms with E-state index in [0.717, 1.165) is 30.0 Å². The average Bonchev–Trinajstić information content (AvgIpc) is 3.31. The summed E-state index contributed by atoms with van der Waals surface area (Å²) in [5.74, 6) is 0.989. The van der Waals surface area contributed by atoms with Crippen LogP contribution in [-0.4, -0.2) is 55.9 Å². The highest BCUT2D eigenvalue weighted by Gasteiger charge is 2.24. The van der Waals surface area contributed by atoms with Crippen LogP contribution >= 0.6 is 11.6 Å². The number of benzene rings is 2. The first-order chi connectivity index (χ1) is 15.1. The van der Waals surface area contributed by atoms with Gasteiger partial charge in [-0.2, -0.15) is 0 Å². The second-order valence-corrected chi connectivity index (χ2v) is 7.67. The lowest BCUT2D eigenvalue weighted by Crippen LogP contribution is -2.43. The zero-order chi connectivity index (χ0) is 21.6. The maximum atomic E-state index is 12.7. The summed E-state index contributed by atoms with van der Waals surface area (Å²) in [6, 6.07) is 16.7. The number of carbonyl (C=O) groups is 1. The Labute approximate surface area is 185 Å². The van der Waals surface area contributed by atoms with Crippen LogP contribution in [0, 0.1) is 0 Å². The van der Waals surface area contributed by atoms with Crippen LogP contribution in [0.5, 0.6) is 5.75 Å². The second-order valence-electron chi connectivity index (χ2n) is 7.23. The second kappa shape index (κ2) is 9.96. The number of carbonyl (C=O) groups excluding carboxylic acids is 1. The Balaban J connectivity index is 1.44. The standard InChI is InChI=1S/C23H24ClN3O4/c1-29-19-8-4-17(5-9-19)22-14-20(26-31-22)23(28)25-15-21(27-10-12-30-13-11-27)16-2-6-18(24)7-3-16/h2-9,14,21H,10-13,15H2,1H3,(H,25,28). The van der Waals surface area contributed by atoms with Crippen molar-refractivity contribution in [1.82, 2.24) is 15.4 Å². The fourth-order valence-corrected chi connectivity index (χ4v) is 3.71. The third-order valence-corrected chi connectivity index (χ3v) is 5.57. The van der Waals surface area contributed by atoms with Gasteiger partial charge in [0.05, 0.1) is 26.4 Å². The van der Waals surface area contributed by atoms with Gasteiger partial charge in [0.15, 0.2) is 11.5 Å². The molecule has 8 heteroatoms. The minimum atomic E-state index is -0.282. The van der Waals surface area contributed by atoms with Crippen molar-refractivity contribution in [2.24, 2.45) is 0 Å². The number of rotatable bonds is 7. The van der Waals surface area contributed by atoms with Crippen molar-refractivity contribution in [2.75, 3.05) is 40.0 Å². The summed E-state index contributed by atoms with van der Waals surface area (Å²) in [4.78, 5) is 15.0. The van der Waals surface area contributed by atoms with Crippen LogP contribution in [0.2, 0.25) is 5.02 Å². The highest BCUT2D eigenvalue weighted by Crippen LogP contribution is 2.25. The van der Waals surface area contributed by atoms with E-state index in [1.165, 1.54) is 0 Å². The van der Waals surface area contributed by atoms with Crippen molar-refractivity contribution < 1.29 is 18.8 Å². The Morgan fingerprint density at radius 1 is 1.16 bits per heavy atom. The van der Waals surface area contributed by atoms with E-state index in [-0.39, 0.29) is 17.6 Å². The Bertz CT molecular complexity index is 998. The molecule has 1 aliphatic rings. The molecular weight excluding hydrogens is 418 g/mol. The van der Waals surface area contributed by atoms with Gasteiger partial charge in [-0.15, -0.1) is 0 Å². The largest absolute Gasteiger partial charge is 0.497 e. The monoisotopic (exact) mass is 441 g/mol.